The van der Waals surface area contributed by atoms with Gasteiger partial charge in [-0.1, -0.05) is 30.5 Å². The van der Waals surface area contributed by atoms with Crippen LogP contribution in [-0.2, 0) is 25.5 Å². The van der Waals surface area contributed by atoms with Crippen LogP contribution in [-0.4, -0.2) is 75.1 Å². The van der Waals surface area contributed by atoms with E-state index in [1.807, 2.05) is 13.0 Å². The van der Waals surface area contributed by atoms with Gasteiger partial charge in [0.2, 0.25) is 5.91 Å². The molecule has 1 aliphatic carbocycles. The molecule has 0 spiro atoms. The number of methoxy groups -OCH3 is 1. The Hall–Kier alpha value is -3.79. The Morgan fingerprint density at radius 1 is 1.09 bits per heavy atom. The molecule has 0 saturated heterocycles. The highest BCUT2D eigenvalue weighted by molar-refractivity contribution is 6.30. The standard InChI is InChI=1S/C33H42ClN3O7/c1-4-43-32(41)33(18-23-7-8-23)19-24-9-12-27(42-3)28(17-24)44-20-30(39)35-13-15-37(14-5-6-29(38)36-21-33)31(40)26-11-10-25(34)16-22(26)2/h9-12,16-17,23H,4-8,13-15,18-21H2,1-3H3,(H,35,39)(H,36,38). The molecule has 0 radical (unpaired) electrons. The summed E-state index contributed by atoms with van der Waals surface area (Å²) in [6.07, 6.45) is 3.52. The molecule has 1 fully saturated rings. The first-order valence-corrected chi connectivity index (χ1v) is 15.6. The fourth-order valence-electron chi connectivity index (χ4n) is 5.59. The largest absolute Gasteiger partial charge is 0.493 e. The predicted octanol–water partition coefficient (Wildman–Crippen LogP) is 4.10. The SMILES string of the molecule is CCOC(=O)C1(CC2CC2)CNC(=O)CCCN(C(=O)c2ccc(Cl)cc2C)CCNC(=O)COc2cc(ccc2OC)C1. The molecule has 2 aromatic carbocycles. The monoisotopic (exact) mass is 627 g/mol. The number of esters is 1. The smallest absolute Gasteiger partial charge is 0.314 e. The minimum absolute atomic E-state index is 0.123. The van der Waals surface area contributed by atoms with Crippen LogP contribution in [0.25, 0.3) is 0 Å². The topological polar surface area (TPSA) is 123 Å². The van der Waals surface area contributed by atoms with Crippen LogP contribution in [0, 0.1) is 18.3 Å². The third-order valence-electron chi connectivity index (χ3n) is 8.08. The van der Waals surface area contributed by atoms with Crippen molar-refractivity contribution < 1.29 is 33.4 Å². The van der Waals surface area contributed by atoms with Gasteiger partial charge in [-0.05, 0) is 80.5 Å². The number of carbonyl (C=O) groups is 4. The summed E-state index contributed by atoms with van der Waals surface area (Å²) >= 11 is 6.10. The molecule has 44 heavy (non-hydrogen) atoms. The van der Waals surface area contributed by atoms with E-state index in [9.17, 15) is 19.2 Å². The summed E-state index contributed by atoms with van der Waals surface area (Å²) in [5.74, 6) is 0.0528. The van der Waals surface area contributed by atoms with E-state index in [-0.39, 0.29) is 63.0 Å². The van der Waals surface area contributed by atoms with Gasteiger partial charge in [0.05, 0.1) is 19.1 Å². The molecular weight excluding hydrogens is 586 g/mol. The molecular formula is C33H42ClN3O7. The molecule has 2 bridgehead atoms. The summed E-state index contributed by atoms with van der Waals surface area (Å²) in [6.45, 7) is 4.41. The van der Waals surface area contributed by atoms with E-state index in [4.69, 9.17) is 25.8 Å². The lowest BCUT2D eigenvalue weighted by atomic mass is 9.76. The number of carbonyl (C=O) groups excluding carboxylic acids is 4. The molecule has 3 amide bonds. The van der Waals surface area contributed by atoms with Crippen molar-refractivity contribution in [3.8, 4) is 11.5 Å². The summed E-state index contributed by atoms with van der Waals surface area (Å²) in [7, 11) is 1.51. The Labute approximate surface area is 263 Å². The Bertz CT molecular complexity index is 1360. The molecule has 1 atom stereocenters. The van der Waals surface area contributed by atoms with E-state index in [2.05, 4.69) is 10.6 Å². The fraction of sp³-hybridized carbons (Fsp3) is 0.515. The van der Waals surface area contributed by atoms with Gasteiger partial charge in [0.25, 0.3) is 11.8 Å². The number of amides is 3. The second-order valence-corrected chi connectivity index (χ2v) is 12.0. The van der Waals surface area contributed by atoms with Crippen LogP contribution in [0.5, 0.6) is 11.5 Å². The molecule has 1 saturated carbocycles. The van der Waals surface area contributed by atoms with E-state index in [1.54, 1.807) is 42.2 Å². The first kappa shape index (κ1) is 33.1. The lowest BCUT2D eigenvalue weighted by Crippen LogP contribution is -2.46. The second-order valence-electron chi connectivity index (χ2n) is 11.6. The third-order valence-corrected chi connectivity index (χ3v) is 8.31. The van der Waals surface area contributed by atoms with Crippen molar-refractivity contribution in [2.75, 3.05) is 46.5 Å². The van der Waals surface area contributed by atoms with Crippen molar-refractivity contribution in [1.29, 1.82) is 0 Å². The Kier molecular flexibility index (Phi) is 11.5. The van der Waals surface area contributed by atoms with Gasteiger partial charge in [0, 0.05) is 43.2 Å². The maximum atomic E-state index is 13.5. The first-order chi connectivity index (χ1) is 21.1. The predicted molar refractivity (Wildman–Crippen MR) is 166 cm³/mol. The maximum Gasteiger partial charge on any atom is 0.314 e. The minimum Gasteiger partial charge on any atom is -0.493 e. The van der Waals surface area contributed by atoms with Crippen molar-refractivity contribution in [2.45, 2.75) is 52.4 Å². The van der Waals surface area contributed by atoms with E-state index in [1.165, 1.54) is 7.11 Å². The zero-order valence-corrected chi connectivity index (χ0v) is 26.5. The van der Waals surface area contributed by atoms with Gasteiger partial charge in [-0.25, -0.2) is 0 Å². The molecule has 2 N–H and O–H groups in total. The average Bonchev–Trinajstić information content (AvgIpc) is 3.81. The lowest BCUT2D eigenvalue weighted by molar-refractivity contribution is -0.156. The van der Waals surface area contributed by atoms with Crippen LogP contribution in [0.1, 0.15) is 60.5 Å². The third kappa shape index (κ3) is 8.87. The minimum atomic E-state index is -0.977. The fourth-order valence-corrected chi connectivity index (χ4v) is 5.82. The number of hydrogen-bond donors (Lipinski definition) is 2. The van der Waals surface area contributed by atoms with Crippen LogP contribution >= 0.6 is 11.6 Å². The summed E-state index contributed by atoms with van der Waals surface area (Å²) in [4.78, 5) is 54.5. The molecule has 2 aliphatic rings. The van der Waals surface area contributed by atoms with Gasteiger partial charge >= 0.3 is 5.97 Å². The normalized spacial score (nSPS) is 20.3. The summed E-state index contributed by atoms with van der Waals surface area (Å²) in [5.41, 5.74) is 1.06. The molecule has 11 heteroatoms. The summed E-state index contributed by atoms with van der Waals surface area (Å²) in [5, 5.41) is 6.35. The van der Waals surface area contributed by atoms with E-state index < -0.39 is 5.41 Å². The number of rotatable bonds is 6. The quantitative estimate of drug-likeness (QED) is 0.462. The number of nitrogens with zero attached hydrogens (tertiary/aromatic N) is 1. The molecule has 1 aliphatic heterocycles. The second kappa shape index (κ2) is 15.3. The highest BCUT2D eigenvalue weighted by Gasteiger charge is 2.44. The Morgan fingerprint density at radius 2 is 1.89 bits per heavy atom. The van der Waals surface area contributed by atoms with Crippen LogP contribution < -0.4 is 20.1 Å². The Balaban J connectivity index is 1.61. The van der Waals surface area contributed by atoms with Crippen LogP contribution in [0.3, 0.4) is 0 Å². The van der Waals surface area contributed by atoms with Gasteiger partial charge in [0.1, 0.15) is 0 Å². The number of halogens is 1. The average molecular weight is 628 g/mol. The number of ether oxygens (including phenoxy) is 3. The van der Waals surface area contributed by atoms with Gasteiger partial charge in [-0.2, -0.15) is 0 Å². The zero-order chi connectivity index (χ0) is 31.7. The number of nitrogens with one attached hydrogen (secondary N) is 2. The van der Waals surface area contributed by atoms with Gasteiger partial charge in [-0.3, -0.25) is 19.2 Å². The molecule has 10 nitrogen and oxygen atoms in total. The van der Waals surface area contributed by atoms with Crippen molar-refractivity contribution in [2.24, 2.45) is 11.3 Å². The molecule has 1 unspecified atom stereocenters. The van der Waals surface area contributed by atoms with Crippen molar-refractivity contribution >= 4 is 35.3 Å². The molecule has 2 aromatic rings. The summed E-state index contributed by atoms with van der Waals surface area (Å²) in [6, 6.07) is 10.4. The van der Waals surface area contributed by atoms with Gasteiger partial charge in [0.15, 0.2) is 18.1 Å². The number of aryl methyl sites for hydroxylation is 1. The highest BCUT2D eigenvalue weighted by atomic mass is 35.5. The molecule has 238 valence electrons. The highest BCUT2D eigenvalue weighted by Crippen LogP contribution is 2.43. The number of hydrogen-bond acceptors (Lipinski definition) is 7. The van der Waals surface area contributed by atoms with E-state index in [0.29, 0.717) is 53.8 Å². The zero-order valence-electron chi connectivity index (χ0n) is 25.7. The van der Waals surface area contributed by atoms with Crippen LogP contribution in [0.15, 0.2) is 36.4 Å². The summed E-state index contributed by atoms with van der Waals surface area (Å²) < 4.78 is 16.9. The van der Waals surface area contributed by atoms with Gasteiger partial charge < -0.3 is 29.7 Å². The Morgan fingerprint density at radius 3 is 2.59 bits per heavy atom. The van der Waals surface area contributed by atoms with E-state index in [0.717, 1.165) is 24.0 Å². The first-order valence-electron chi connectivity index (χ1n) is 15.2. The lowest BCUT2D eigenvalue weighted by Gasteiger charge is -2.32. The van der Waals surface area contributed by atoms with Crippen LogP contribution in [0.2, 0.25) is 5.02 Å². The van der Waals surface area contributed by atoms with Crippen LogP contribution in [0.4, 0.5) is 0 Å². The molecule has 1 heterocycles. The van der Waals surface area contributed by atoms with Crippen molar-refractivity contribution in [3.05, 3.63) is 58.1 Å². The molecule has 0 aromatic heterocycles. The van der Waals surface area contributed by atoms with Gasteiger partial charge in [-0.15, -0.1) is 0 Å². The number of fused-ring (bicyclic) bond motifs is 2. The van der Waals surface area contributed by atoms with E-state index >= 15 is 0 Å². The van der Waals surface area contributed by atoms with Crippen molar-refractivity contribution in [3.63, 3.8) is 0 Å². The maximum absolute atomic E-state index is 13.5. The molecule has 4 rings (SSSR count). The van der Waals surface area contributed by atoms with Crippen molar-refractivity contribution in [1.82, 2.24) is 15.5 Å². The number of benzene rings is 2.